The molecule has 122 valence electrons. The summed E-state index contributed by atoms with van der Waals surface area (Å²) in [5.74, 6) is 0.485. The zero-order valence-corrected chi connectivity index (χ0v) is 14.4. The number of halogens is 1. The third-order valence-corrected chi connectivity index (χ3v) is 3.70. The Balaban J connectivity index is 1.92. The van der Waals surface area contributed by atoms with E-state index in [2.05, 4.69) is 17.4 Å². The van der Waals surface area contributed by atoms with Crippen molar-refractivity contribution in [3.63, 3.8) is 0 Å². The molecule has 0 aliphatic rings. The number of rotatable bonds is 6. The Morgan fingerprint density at radius 2 is 1.74 bits per heavy atom. The van der Waals surface area contributed by atoms with E-state index in [1.165, 1.54) is 5.56 Å². The third kappa shape index (κ3) is 5.61. The lowest BCUT2D eigenvalue weighted by molar-refractivity contribution is -0.128. The maximum Gasteiger partial charge on any atom is 0.261 e. The first-order chi connectivity index (χ1) is 10.9. The highest BCUT2D eigenvalue weighted by Gasteiger charge is 2.24. The predicted octanol–water partition coefficient (Wildman–Crippen LogP) is 4.24. The highest BCUT2D eigenvalue weighted by molar-refractivity contribution is 6.30. The minimum atomic E-state index is -0.578. The molecule has 1 unspecified atom stereocenters. The van der Waals surface area contributed by atoms with E-state index in [1.54, 1.807) is 31.2 Å². The number of benzene rings is 2. The second-order valence-electron chi connectivity index (χ2n) is 6.25. The van der Waals surface area contributed by atoms with Crippen molar-refractivity contribution in [3.05, 3.63) is 65.2 Å². The number of carbonyl (C=O) groups excluding carboxylic acids is 1. The first-order valence-electron chi connectivity index (χ1n) is 7.64. The van der Waals surface area contributed by atoms with E-state index in [0.717, 1.165) is 6.42 Å². The summed E-state index contributed by atoms with van der Waals surface area (Å²) in [5.41, 5.74) is 0.833. The van der Waals surface area contributed by atoms with Crippen molar-refractivity contribution < 1.29 is 9.53 Å². The first kappa shape index (κ1) is 17.4. The number of hydrogen-bond acceptors (Lipinski definition) is 2. The molecule has 2 rings (SSSR count). The zero-order chi connectivity index (χ0) is 16.9. The summed E-state index contributed by atoms with van der Waals surface area (Å²) in [7, 11) is 0. The highest BCUT2D eigenvalue weighted by Crippen LogP contribution is 2.18. The lowest BCUT2D eigenvalue weighted by atomic mass is 9.94. The van der Waals surface area contributed by atoms with Crippen LogP contribution in [0.25, 0.3) is 0 Å². The van der Waals surface area contributed by atoms with Crippen LogP contribution in [0.15, 0.2) is 54.6 Å². The van der Waals surface area contributed by atoms with Gasteiger partial charge in [0.25, 0.3) is 5.91 Å². The van der Waals surface area contributed by atoms with Crippen LogP contribution in [0.5, 0.6) is 5.75 Å². The average molecular weight is 332 g/mol. The van der Waals surface area contributed by atoms with Gasteiger partial charge in [-0.3, -0.25) is 4.79 Å². The number of amides is 1. The fourth-order valence-corrected chi connectivity index (χ4v) is 2.48. The fourth-order valence-electron chi connectivity index (χ4n) is 2.36. The summed E-state index contributed by atoms with van der Waals surface area (Å²) in [5, 5.41) is 3.68. The molecule has 0 fully saturated rings. The van der Waals surface area contributed by atoms with Crippen molar-refractivity contribution in [3.8, 4) is 5.75 Å². The number of ether oxygens (including phenoxy) is 1. The monoisotopic (exact) mass is 331 g/mol. The molecule has 3 nitrogen and oxygen atoms in total. The number of nitrogens with one attached hydrogen (secondary N) is 1. The molecular weight excluding hydrogens is 310 g/mol. The zero-order valence-electron chi connectivity index (χ0n) is 13.7. The molecule has 0 saturated carbocycles. The van der Waals surface area contributed by atoms with Crippen molar-refractivity contribution >= 4 is 17.5 Å². The molecule has 1 amide bonds. The van der Waals surface area contributed by atoms with E-state index in [-0.39, 0.29) is 11.4 Å². The Hall–Kier alpha value is -2.00. The van der Waals surface area contributed by atoms with Crippen molar-refractivity contribution in [1.29, 1.82) is 0 Å². The van der Waals surface area contributed by atoms with Crippen molar-refractivity contribution in [2.24, 2.45) is 0 Å². The topological polar surface area (TPSA) is 38.3 Å². The van der Waals surface area contributed by atoms with Crippen LogP contribution in [-0.4, -0.2) is 17.6 Å². The summed E-state index contributed by atoms with van der Waals surface area (Å²) in [4.78, 5) is 12.4. The lowest BCUT2D eigenvalue weighted by Gasteiger charge is -2.28. The van der Waals surface area contributed by atoms with Crippen molar-refractivity contribution in [2.45, 2.75) is 38.8 Å². The van der Waals surface area contributed by atoms with Gasteiger partial charge in [0.15, 0.2) is 6.10 Å². The van der Waals surface area contributed by atoms with Crippen LogP contribution in [0.2, 0.25) is 5.02 Å². The van der Waals surface area contributed by atoms with Crippen molar-refractivity contribution in [1.82, 2.24) is 5.32 Å². The van der Waals surface area contributed by atoms with E-state index in [0.29, 0.717) is 10.8 Å². The standard InChI is InChI=1S/C19H22ClNO2/c1-14(23-17-11-9-16(20)10-12-17)18(22)21-19(2,3)13-15-7-5-4-6-8-15/h4-12,14H,13H2,1-3H3,(H,21,22). The SMILES string of the molecule is CC(Oc1ccc(Cl)cc1)C(=O)NC(C)(C)Cc1ccccc1. The summed E-state index contributed by atoms with van der Waals surface area (Å²) < 4.78 is 5.66. The van der Waals surface area contributed by atoms with E-state index in [9.17, 15) is 4.79 Å². The third-order valence-electron chi connectivity index (χ3n) is 3.45. The van der Waals surface area contributed by atoms with E-state index < -0.39 is 6.10 Å². The highest BCUT2D eigenvalue weighted by atomic mass is 35.5. The Morgan fingerprint density at radius 1 is 1.13 bits per heavy atom. The molecule has 1 atom stereocenters. The molecule has 0 heterocycles. The number of hydrogen-bond donors (Lipinski definition) is 1. The largest absolute Gasteiger partial charge is 0.481 e. The van der Waals surface area contributed by atoms with E-state index >= 15 is 0 Å². The number of carbonyl (C=O) groups is 1. The molecular formula is C19H22ClNO2. The smallest absolute Gasteiger partial charge is 0.261 e. The molecule has 0 saturated heterocycles. The molecule has 0 spiro atoms. The van der Waals surface area contributed by atoms with Gasteiger partial charge < -0.3 is 10.1 Å². The quantitative estimate of drug-likeness (QED) is 0.859. The molecule has 2 aromatic rings. The van der Waals surface area contributed by atoms with Gasteiger partial charge in [-0.1, -0.05) is 41.9 Å². The van der Waals surface area contributed by atoms with Crippen LogP contribution in [0, 0.1) is 0 Å². The van der Waals surface area contributed by atoms with Gasteiger partial charge >= 0.3 is 0 Å². The molecule has 1 N–H and O–H groups in total. The van der Waals surface area contributed by atoms with Gasteiger partial charge in [0.2, 0.25) is 0 Å². The van der Waals surface area contributed by atoms with Crippen LogP contribution in [0.3, 0.4) is 0 Å². The van der Waals surface area contributed by atoms with Gasteiger partial charge in [-0.15, -0.1) is 0 Å². The summed E-state index contributed by atoms with van der Waals surface area (Å²) in [6.07, 6.45) is 0.180. The molecule has 0 aliphatic heterocycles. The molecule has 0 aliphatic carbocycles. The summed E-state index contributed by atoms with van der Waals surface area (Å²) in [6.45, 7) is 5.75. The minimum absolute atomic E-state index is 0.138. The Kier molecular flexibility index (Phi) is 5.67. The van der Waals surface area contributed by atoms with Crippen molar-refractivity contribution in [2.75, 3.05) is 0 Å². The predicted molar refractivity (Wildman–Crippen MR) is 93.9 cm³/mol. The second kappa shape index (κ2) is 7.51. The average Bonchev–Trinajstić information content (AvgIpc) is 2.49. The van der Waals surface area contributed by atoms with Crippen LogP contribution >= 0.6 is 11.6 Å². The Bertz CT molecular complexity index is 638. The molecule has 0 radical (unpaired) electrons. The molecule has 4 heteroatoms. The van der Waals surface area contributed by atoms with Gasteiger partial charge in [0.1, 0.15) is 5.75 Å². The van der Waals surface area contributed by atoms with Crippen LogP contribution < -0.4 is 10.1 Å². The van der Waals surface area contributed by atoms with Gasteiger partial charge in [-0.2, -0.15) is 0 Å². The fraction of sp³-hybridized carbons (Fsp3) is 0.316. The van der Waals surface area contributed by atoms with Gasteiger partial charge in [0, 0.05) is 10.6 Å². The van der Waals surface area contributed by atoms with Gasteiger partial charge in [-0.25, -0.2) is 0 Å². The van der Waals surface area contributed by atoms with E-state index in [1.807, 2.05) is 32.0 Å². The minimum Gasteiger partial charge on any atom is -0.481 e. The Labute approximate surface area is 142 Å². The van der Waals surface area contributed by atoms with Crippen LogP contribution in [0.1, 0.15) is 26.3 Å². The van der Waals surface area contributed by atoms with Crippen LogP contribution in [-0.2, 0) is 11.2 Å². The second-order valence-corrected chi connectivity index (χ2v) is 6.69. The summed E-state index contributed by atoms with van der Waals surface area (Å²) in [6, 6.07) is 17.1. The maximum atomic E-state index is 12.4. The Morgan fingerprint density at radius 3 is 2.35 bits per heavy atom. The summed E-state index contributed by atoms with van der Waals surface area (Å²) >= 11 is 5.84. The maximum absolute atomic E-state index is 12.4. The molecule has 2 aromatic carbocycles. The van der Waals surface area contributed by atoms with Gasteiger partial charge in [0.05, 0.1) is 0 Å². The first-order valence-corrected chi connectivity index (χ1v) is 8.02. The van der Waals surface area contributed by atoms with E-state index in [4.69, 9.17) is 16.3 Å². The normalized spacial score (nSPS) is 12.5. The van der Waals surface area contributed by atoms with Crippen LogP contribution in [0.4, 0.5) is 0 Å². The molecule has 0 bridgehead atoms. The lowest BCUT2D eigenvalue weighted by Crippen LogP contribution is -2.49. The molecule has 0 aromatic heterocycles. The van der Waals surface area contributed by atoms with Gasteiger partial charge in [-0.05, 0) is 57.0 Å². The molecule has 23 heavy (non-hydrogen) atoms.